The number of halogens is 2. The maximum atomic E-state index is 13.9. The lowest BCUT2D eigenvalue weighted by Crippen LogP contribution is -2.36. The van der Waals surface area contributed by atoms with E-state index < -0.39 is 30.4 Å². The Hall–Kier alpha value is -1.94. The van der Waals surface area contributed by atoms with Crippen molar-refractivity contribution in [1.82, 2.24) is 4.90 Å². The number of ether oxygens (including phenoxy) is 1. The van der Waals surface area contributed by atoms with Crippen LogP contribution in [0.15, 0.2) is 12.2 Å². The van der Waals surface area contributed by atoms with Gasteiger partial charge in [0.2, 0.25) is 0 Å². The van der Waals surface area contributed by atoms with E-state index in [4.69, 9.17) is 0 Å². The standard InChI is InChI=1S/C22H33F2NO4/c1-4-5-8-11-17(2)19(26)14-13-18-16-22(23,24)21(28)25(18)15-10-7-6-9-12-20(27)29-3/h13-14,17-19,26H,4,6-7,9-12,15-16H2,1-3H3/t17-,18+,19+/m1/s1. The molecule has 1 rings (SSSR count). The molecule has 1 heterocycles. The van der Waals surface area contributed by atoms with Crippen molar-refractivity contribution in [3.8, 4) is 11.8 Å². The molecule has 0 radical (unpaired) electrons. The number of amides is 1. The van der Waals surface area contributed by atoms with Gasteiger partial charge in [0.05, 0.1) is 19.3 Å². The molecule has 0 spiro atoms. The Morgan fingerprint density at radius 1 is 1.34 bits per heavy atom. The Balaban J connectivity index is 2.56. The van der Waals surface area contributed by atoms with Crippen LogP contribution in [0.1, 0.15) is 65.2 Å². The molecule has 0 bridgehead atoms. The number of unbranched alkanes of at least 4 members (excludes halogenated alkanes) is 3. The number of rotatable bonds is 11. The molecular formula is C22H33F2NO4. The summed E-state index contributed by atoms with van der Waals surface area (Å²) in [4.78, 5) is 24.3. The Bertz CT molecular complexity index is 624. The molecule has 29 heavy (non-hydrogen) atoms. The lowest BCUT2D eigenvalue weighted by Gasteiger charge is -2.22. The number of nitrogens with zero attached hydrogens (tertiary/aromatic N) is 1. The number of methoxy groups -OCH3 is 1. The summed E-state index contributed by atoms with van der Waals surface area (Å²) in [6, 6.07) is -0.726. The van der Waals surface area contributed by atoms with Gasteiger partial charge in [-0.25, -0.2) is 0 Å². The van der Waals surface area contributed by atoms with Crippen LogP contribution in [0.25, 0.3) is 0 Å². The van der Waals surface area contributed by atoms with E-state index in [2.05, 4.69) is 16.6 Å². The number of alkyl halides is 2. The van der Waals surface area contributed by atoms with E-state index in [0.717, 1.165) is 19.3 Å². The number of hydrogen-bond acceptors (Lipinski definition) is 4. The van der Waals surface area contributed by atoms with E-state index in [0.29, 0.717) is 25.7 Å². The van der Waals surface area contributed by atoms with Gasteiger partial charge in [-0.05, 0) is 18.8 Å². The molecular weight excluding hydrogens is 380 g/mol. The molecule has 1 aliphatic heterocycles. The highest BCUT2D eigenvalue weighted by Crippen LogP contribution is 2.34. The molecule has 1 fully saturated rings. The fourth-order valence-electron chi connectivity index (χ4n) is 3.18. The average molecular weight is 414 g/mol. The van der Waals surface area contributed by atoms with Crippen molar-refractivity contribution in [2.24, 2.45) is 5.92 Å². The zero-order valence-corrected chi connectivity index (χ0v) is 17.6. The molecule has 3 atom stereocenters. The molecule has 1 saturated heterocycles. The van der Waals surface area contributed by atoms with Gasteiger partial charge in [-0.2, -0.15) is 8.78 Å². The van der Waals surface area contributed by atoms with Crippen LogP contribution >= 0.6 is 0 Å². The minimum Gasteiger partial charge on any atom is -0.469 e. The largest absolute Gasteiger partial charge is 0.469 e. The van der Waals surface area contributed by atoms with Crippen molar-refractivity contribution in [2.75, 3.05) is 13.7 Å². The zero-order valence-electron chi connectivity index (χ0n) is 17.6. The summed E-state index contributed by atoms with van der Waals surface area (Å²) in [6.07, 6.45) is 6.01. The van der Waals surface area contributed by atoms with Crippen LogP contribution in [0.5, 0.6) is 0 Å². The summed E-state index contributed by atoms with van der Waals surface area (Å²) < 4.78 is 32.4. The highest BCUT2D eigenvalue weighted by atomic mass is 19.3. The maximum absolute atomic E-state index is 13.9. The van der Waals surface area contributed by atoms with E-state index in [1.54, 1.807) is 0 Å². The van der Waals surface area contributed by atoms with Gasteiger partial charge < -0.3 is 14.7 Å². The topological polar surface area (TPSA) is 66.8 Å². The third-order valence-electron chi connectivity index (χ3n) is 5.04. The Kier molecular flexibility index (Phi) is 10.9. The average Bonchev–Trinajstić information content (AvgIpc) is 2.91. The molecule has 164 valence electrons. The van der Waals surface area contributed by atoms with Crippen LogP contribution in [-0.4, -0.2) is 53.6 Å². The van der Waals surface area contributed by atoms with Gasteiger partial charge in [0.25, 0.3) is 5.91 Å². The van der Waals surface area contributed by atoms with E-state index in [9.17, 15) is 23.5 Å². The molecule has 0 aromatic rings. The first-order valence-electron chi connectivity index (χ1n) is 10.3. The van der Waals surface area contributed by atoms with E-state index >= 15 is 0 Å². The van der Waals surface area contributed by atoms with Crippen molar-refractivity contribution in [3.05, 3.63) is 12.2 Å². The van der Waals surface area contributed by atoms with Crippen molar-refractivity contribution >= 4 is 11.9 Å². The molecule has 0 unspecified atom stereocenters. The van der Waals surface area contributed by atoms with Gasteiger partial charge in [0.1, 0.15) is 0 Å². The predicted octanol–water partition coefficient (Wildman–Crippen LogP) is 3.70. The zero-order chi connectivity index (χ0) is 21.9. The molecule has 0 aliphatic carbocycles. The predicted molar refractivity (Wildman–Crippen MR) is 107 cm³/mol. The normalized spacial score (nSPS) is 20.4. The minimum absolute atomic E-state index is 0.119. The number of carbonyl (C=O) groups excluding carboxylic acids is 2. The fraction of sp³-hybridized carbons (Fsp3) is 0.727. The number of aliphatic hydroxyl groups excluding tert-OH is 1. The highest BCUT2D eigenvalue weighted by Gasteiger charge is 2.52. The number of carbonyl (C=O) groups is 2. The quantitative estimate of drug-likeness (QED) is 0.243. The van der Waals surface area contributed by atoms with Crippen LogP contribution in [0.4, 0.5) is 8.78 Å². The summed E-state index contributed by atoms with van der Waals surface area (Å²) in [5.74, 6) is 0.998. The molecule has 7 heteroatoms. The van der Waals surface area contributed by atoms with E-state index in [1.807, 2.05) is 13.8 Å². The molecule has 1 amide bonds. The van der Waals surface area contributed by atoms with Gasteiger partial charge in [0.15, 0.2) is 0 Å². The highest BCUT2D eigenvalue weighted by molar-refractivity contribution is 5.86. The van der Waals surface area contributed by atoms with Crippen molar-refractivity contribution < 1.29 is 28.2 Å². The first kappa shape index (κ1) is 25.1. The molecule has 0 saturated carbocycles. The lowest BCUT2D eigenvalue weighted by atomic mass is 9.99. The number of esters is 1. The van der Waals surface area contributed by atoms with Gasteiger partial charge in [-0.15, -0.1) is 11.8 Å². The molecule has 5 nitrogen and oxygen atoms in total. The monoisotopic (exact) mass is 413 g/mol. The summed E-state index contributed by atoms with van der Waals surface area (Å²) in [5, 5.41) is 10.2. The van der Waals surface area contributed by atoms with Crippen molar-refractivity contribution in [3.63, 3.8) is 0 Å². The first-order valence-corrected chi connectivity index (χ1v) is 10.3. The van der Waals surface area contributed by atoms with Gasteiger partial charge in [-0.1, -0.05) is 38.8 Å². The number of aliphatic hydroxyl groups is 1. The third kappa shape index (κ3) is 8.53. The molecule has 1 aliphatic rings. The first-order chi connectivity index (χ1) is 13.7. The lowest BCUT2D eigenvalue weighted by molar-refractivity contribution is -0.148. The number of hydrogen-bond donors (Lipinski definition) is 1. The SMILES string of the molecule is CCC#CC[C@@H](C)[C@@H](O)C=C[C@H]1CC(F)(F)C(=O)N1CCCCCCC(=O)OC. The fourth-order valence-corrected chi connectivity index (χ4v) is 3.18. The summed E-state index contributed by atoms with van der Waals surface area (Å²) in [5.41, 5.74) is 0. The molecule has 1 N–H and O–H groups in total. The van der Waals surface area contributed by atoms with E-state index in [-0.39, 0.29) is 18.4 Å². The van der Waals surface area contributed by atoms with Gasteiger partial charge >= 0.3 is 11.9 Å². The second-order valence-electron chi connectivity index (χ2n) is 7.48. The van der Waals surface area contributed by atoms with Gasteiger partial charge in [0, 0.05) is 32.2 Å². The summed E-state index contributed by atoms with van der Waals surface area (Å²) >= 11 is 0. The minimum atomic E-state index is -3.37. The molecule has 0 aromatic heterocycles. The van der Waals surface area contributed by atoms with Crippen LogP contribution in [0, 0.1) is 17.8 Å². The van der Waals surface area contributed by atoms with Crippen molar-refractivity contribution in [2.45, 2.75) is 83.3 Å². The summed E-state index contributed by atoms with van der Waals surface area (Å²) in [7, 11) is 1.34. The number of likely N-dealkylation sites (tertiary alicyclic amines) is 1. The Morgan fingerprint density at radius 3 is 2.69 bits per heavy atom. The van der Waals surface area contributed by atoms with Crippen molar-refractivity contribution in [1.29, 1.82) is 0 Å². The molecule has 0 aromatic carbocycles. The van der Waals surface area contributed by atoms with E-state index in [1.165, 1.54) is 24.2 Å². The van der Waals surface area contributed by atoms with Crippen LogP contribution in [0.2, 0.25) is 0 Å². The Morgan fingerprint density at radius 2 is 2.03 bits per heavy atom. The smallest absolute Gasteiger partial charge is 0.327 e. The second-order valence-corrected chi connectivity index (χ2v) is 7.48. The second kappa shape index (κ2) is 12.6. The van der Waals surface area contributed by atoms with Crippen LogP contribution in [0.3, 0.4) is 0 Å². The summed E-state index contributed by atoms with van der Waals surface area (Å²) in [6.45, 7) is 4.02. The van der Waals surface area contributed by atoms with Gasteiger partial charge in [-0.3, -0.25) is 9.59 Å². The Labute approximate surface area is 172 Å². The van der Waals surface area contributed by atoms with Crippen LogP contribution in [-0.2, 0) is 14.3 Å². The maximum Gasteiger partial charge on any atom is 0.327 e. The third-order valence-corrected chi connectivity index (χ3v) is 5.04. The van der Waals surface area contributed by atoms with Crippen LogP contribution < -0.4 is 0 Å².